The minimum absolute atomic E-state index is 0.0581. The summed E-state index contributed by atoms with van der Waals surface area (Å²) in [5.41, 5.74) is 2.46. The first-order chi connectivity index (χ1) is 12.0. The lowest BCUT2D eigenvalue weighted by Crippen LogP contribution is -2.36. The first-order valence-electron chi connectivity index (χ1n) is 7.52. The van der Waals surface area contributed by atoms with Crippen LogP contribution in [0.4, 0.5) is 0 Å². The van der Waals surface area contributed by atoms with Gasteiger partial charge in [0.25, 0.3) is 6.47 Å². The maximum absolute atomic E-state index is 12.3. The molecule has 0 unspecified atom stereocenters. The average molecular weight is 366 g/mol. The van der Waals surface area contributed by atoms with Crippen molar-refractivity contribution < 1.29 is 24.6 Å². The van der Waals surface area contributed by atoms with E-state index in [2.05, 4.69) is 15.2 Å². The number of aromatic nitrogens is 3. The summed E-state index contributed by atoms with van der Waals surface area (Å²) in [6, 6.07) is 0. The third-order valence-corrected chi connectivity index (χ3v) is 4.57. The molecule has 0 saturated carbocycles. The molecule has 0 atom stereocenters. The zero-order chi connectivity index (χ0) is 18.4. The van der Waals surface area contributed by atoms with Crippen molar-refractivity contribution in [1.82, 2.24) is 20.1 Å². The molecule has 10 heteroatoms. The number of aromatic carboxylic acids is 1. The number of carboxylic acids is 1. The van der Waals surface area contributed by atoms with E-state index >= 15 is 0 Å². The molecule has 3 N–H and O–H groups in total. The van der Waals surface area contributed by atoms with Gasteiger partial charge in [-0.1, -0.05) is 0 Å². The fraction of sp³-hybridized carbons (Fsp3) is 0.400. The first-order valence-corrected chi connectivity index (χ1v) is 8.40. The Bertz CT molecular complexity index is 770. The highest BCUT2D eigenvalue weighted by molar-refractivity contribution is 7.09. The Morgan fingerprint density at radius 3 is 2.80 bits per heavy atom. The van der Waals surface area contributed by atoms with Crippen LogP contribution in [0.5, 0.6) is 0 Å². The van der Waals surface area contributed by atoms with Crippen LogP contribution in [0.1, 0.15) is 38.9 Å². The Morgan fingerprint density at radius 1 is 1.48 bits per heavy atom. The van der Waals surface area contributed by atoms with Gasteiger partial charge in [0.2, 0.25) is 5.91 Å². The lowest BCUT2D eigenvalue weighted by atomic mass is 10.0. The lowest BCUT2D eigenvalue weighted by Gasteiger charge is -2.26. The number of carbonyl (C=O) groups excluding carboxylic acids is 1. The molecule has 0 bridgehead atoms. The highest BCUT2D eigenvalue weighted by Gasteiger charge is 2.27. The molecule has 0 spiro atoms. The zero-order valence-electron chi connectivity index (χ0n) is 13.6. The number of nitrogens with one attached hydrogen (secondary N) is 1. The van der Waals surface area contributed by atoms with Crippen LogP contribution >= 0.6 is 11.3 Å². The Labute approximate surface area is 147 Å². The highest BCUT2D eigenvalue weighted by atomic mass is 32.1. The number of aryl methyl sites for hydroxylation is 2. The number of H-pyrrole nitrogens is 1. The summed E-state index contributed by atoms with van der Waals surface area (Å²) >= 11 is 1.58. The van der Waals surface area contributed by atoms with Gasteiger partial charge in [-0.2, -0.15) is 5.10 Å². The smallest absolute Gasteiger partial charge is 0.356 e. The maximum atomic E-state index is 12.3. The van der Waals surface area contributed by atoms with E-state index in [1.807, 2.05) is 12.3 Å². The van der Waals surface area contributed by atoms with E-state index in [1.54, 1.807) is 16.2 Å². The molecule has 1 aliphatic rings. The molecule has 0 radical (unpaired) electrons. The lowest BCUT2D eigenvalue weighted by molar-refractivity contribution is -0.132. The molecule has 1 amide bonds. The average Bonchev–Trinajstić information content (AvgIpc) is 3.18. The van der Waals surface area contributed by atoms with Crippen LogP contribution in [-0.2, 0) is 29.0 Å². The minimum atomic E-state index is -1.03. The molecule has 2 aromatic rings. The van der Waals surface area contributed by atoms with Gasteiger partial charge in [-0.05, 0) is 19.8 Å². The Hall–Kier alpha value is -2.75. The van der Waals surface area contributed by atoms with Gasteiger partial charge in [0.15, 0.2) is 5.69 Å². The molecular weight excluding hydrogens is 348 g/mol. The van der Waals surface area contributed by atoms with Crippen molar-refractivity contribution in [2.45, 2.75) is 32.7 Å². The van der Waals surface area contributed by atoms with Crippen LogP contribution in [0.2, 0.25) is 0 Å². The van der Waals surface area contributed by atoms with Crippen molar-refractivity contribution >= 4 is 29.7 Å². The molecule has 3 heterocycles. The van der Waals surface area contributed by atoms with E-state index in [-0.39, 0.29) is 18.1 Å². The summed E-state index contributed by atoms with van der Waals surface area (Å²) in [7, 11) is 0. The molecule has 25 heavy (non-hydrogen) atoms. The Kier molecular flexibility index (Phi) is 6.23. The molecule has 134 valence electrons. The van der Waals surface area contributed by atoms with Gasteiger partial charge in [0.05, 0.1) is 22.9 Å². The number of carbonyl (C=O) groups is 3. The summed E-state index contributed by atoms with van der Waals surface area (Å²) in [5.74, 6) is -0.973. The summed E-state index contributed by atoms with van der Waals surface area (Å²) in [6.45, 7) is 2.62. The van der Waals surface area contributed by atoms with Gasteiger partial charge in [-0.15, -0.1) is 11.3 Å². The van der Waals surface area contributed by atoms with Gasteiger partial charge < -0.3 is 15.1 Å². The van der Waals surface area contributed by atoms with E-state index in [0.717, 1.165) is 16.4 Å². The molecular formula is C15H18N4O5S. The van der Waals surface area contributed by atoms with Crippen LogP contribution in [0, 0.1) is 6.92 Å². The number of aromatic amines is 1. The Balaban J connectivity index is 0.000000701. The van der Waals surface area contributed by atoms with E-state index in [1.165, 1.54) is 0 Å². The second-order valence-corrected chi connectivity index (χ2v) is 6.43. The largest absolute Gasteiger partial charge is 0.483 e. The van der Waals surface area contributed by atoms with Gasteiger partial charge in [0.1, 0.15) is 0 Å². The molecule has 3 rings (SSSR count). The second-order valence-electron chi connectivity index (χ2n) is 5.36. The third-order valence-electron chi connectivity index (χ3n) is 3.75. The topological polar surface area (TPSA) is 136 Å². The van der Waals surface area contributed by atoms with E-state index in [9.17, 15) is 9.59 Å². The van der Waals surface area contributed by atoms with Gasteiger partial charge in [-0.3, -0.25) is 14.7 Å². The SMILES string of the molecule is Cc1nc(CCC(=O)N2CCc3c(C(=O)O)n[nH]c3C2)cs1.O=CO. The monoisotopic (exact) mass is 366 g/mol. The van der Waals surface area contributed by atoms with Crippen molar-refractivity contribution in [1.29, 1.82) is 0 Å². The summed E-state index contributed by atoms with van der Waals surface area (Å²) in [6.07, 6.45) is 1.57. The number of thiazole rings is 1. The van der Waals surface area contributed by atoms with Crippen molar-refractivity contribution in [2.75, 3.05) is 6.54 Å². The van der Waals surface area contributed by atoms with Crippen molar-refractivity contribution in [2.24, 2.45) is 0 Å². The molecule has 0 aliphatic carbocycles. The van der Waals surface area contributed by atoms with Crippen LogP contribution in [0.3, 0.4) is 0 Å². The number of rotatable bonds is 4. The number of hydrogen-bond acceptors (Lipinski definition) is 6. The quantitative estimate of drug-likeness (QED) is 0.689. The third kappa shape index (κ3) is 4.63. The van der Waals surface area contributed by atoms with E-state index in [0.29, 0.717) is 37.9 Å². The summed E-state index contributed by atoms with van der Waals surface area (Å²) in [4.78, 5) is 37.8. The van der Waals surface area contributed by atoms with E-state index < -0.39 is 5.97 Å². The van der Waals surface area contributed by atoms with Crippen LogP contribution in [0.15, 0.2) is 5.38 Å². The van der Waals surface area contributed by atoms with Crippen LogP contribution < -0.4 is 0 Å². The number of nitrogens with zero attached hydrogens (tertiary/aromatic N) is 3. The molecule has 0 saturated heterocycles. The molecule has 1 aliphatic heterocycles. The number of fused-ring (bicyclic) bond motifs is 1. The van der Waals surface area contributed by atoms with Gasteiger partial charge in [0, 0.05) is 23.9 Å². The molecule has 0 aromatic carbocycles. The first kappa shape index (κ1) is 18.6. The van der Waals surface area contributed by atoms with Crippen molar-refractivity contribution in [3.05, 3.63) is 33.0 Å². The summed E-state index contributed by atoms with van der Waals surface area (Å²) in [5, 5.41) is 25.5. The predicted molar refractivity (Wildman–Crippen MR) is 88.5 cm³/mol. The maximum Gasteiger partial charge on any atom is 0.356 e. The van der Waals surface area contributed by atoms with Crippen LogP contribution in [-0.4, -0.2) is 55.2 Å². The van der Waals surface area contributed by atoms with E-state index in [4.69, 9.17) is 15.0 Å². The van der Waals surface area contributed by atoms with Crippen molar-refractivity contribution in [3.63, 3.8) is 0 Å². The normalized spacial score (nSPS) is 12.8. The number of carboxylic acid groups (broad SMARTS) is 2. The summed E-state index contributed by atoms with van der Waals surface area (Å²) < 4.78 is 0. The van der Waals surface area contributed by atoms with Crippen molar-refractivity contribution in [3.8, 4) is 0 Å². The standard InChI is InChI=1S/C14H16N4O3S.CH2O2/c1-8-15-9(7-22-8)2-3-12(19)18-5-4-10-11(6-18)16-17-13(10)14(20)21;2-1-3/h7H,2-6H2,1H3,(H,16,17)(H,20,21);1H,(H,2,3). The number of amides is 1. The predicted octanol–water partition coefficient (Wildman–Crippen LogP) is 1.09. The number of hydrogen-bond donors (Lipinski definition) is 3. The van der Waals surface area contributed by atoms with Gasteiger partial charge in [-0.25, -0.2) is 9.78 Å². The molecule has 9 nitrogen and oxygen atoms in total. The molecule has 2 aromatic heterocycles. The zero-order valence-corrected chi connectivity index (χ0v) is 14.4. The fourth-order valence-electron chi connectivity index (χ4n) is 2.62. The second kappa shape index (κ2) is 8.38. The van der Waals surface area contributed by atoms with Gasteiger partial charge >= 0.3 is 5.97 Å². The fourth-order valence-corrected chi connectivity index (χ4v) is 3.27. The minimum Gasteiger partial charge on any atom is -0.483 e. The molecule has 0 fully saturated rings. The Morgan fingerprint density at radius 2 is 2.20 bits per heavy atom. The highest BCUT2D eigenvalue weighted by Crippen LogP contribution is 2.21. The van der Waals surface area contributed by atoms with Crippen LogP contribution in [0.25, 0.3) is 0 Å².